The second kappa shape index (κ2) is 16.0. The Hall–Kier alpha value is -5.32. The molecule has 0 bridgehead atoms. The molecule has 54 heavy (non-hydrogen) atoms. The zero-order chi connectivity index (χ0) is 37.7. The van der Waals surface area contributed by atoms with E-state index in [1.54, 1.807) is 0 Å². The zero-order valence-electron chi connectivity index (χ0n) is 31.0. The molecule has 0 radical (unpaired) electrons. The standard InChI is InChI=1S/2C22H23NO4/c2*1-22(2)14-25-21(24)19(22)26-18-13-17(15-9-5-3-6-10-15)23-20(27-18)16-11-7-4-8-12-16/h2*3-12,17-19H,13-14H2,1-2H3/t2*17-,18+,19+/m11/s1. The number of hydrogen-bond acceptors (Lipinski definition) is 10. The maximum atomic E-state index is 12.1. The summed E-state index contributed by atoms with van der Waals surface area (Å²) in [4.78, 5) is 33.9. The summed E-state index contributed by atoms with van der Waals surface area (Å²) in [6.07, 6.45) is -1.35. The lowest BCUT2D eigenvalue weighted by molar-refractivity contribution is -0.176. The van der Waals surface area contributed by atoms with E-state index < -0.39 is 24.8 Å². The summed E-state index contributed by atoms with van der Waals surface area (Å²) >= 11 is 0. The molecule has 2 saturated heterocycles. The van der Waals surface area contributed by atoms with E-state index in [1.807, 2.05) is 149 Å². The molecule has 0 N–H and O–H groups in total. The van der Waals surface area contributed by atoms with Crippen LogP contribution in [-0.2, 0) is 38.0 Å². The maximum absolute atomic E-state index is 12.1. The highest BCUT2D eigenvalue weighted by Crippen LogP contribution is 2.38. The summed E-state index contributed by atoms with van der Waals surface area (Å²) in [6.45, 7) is 8.56. The summed E-state index contributed by atoms with van der Waals surface area (Å²) < 4.78 is 34.7. The highest BCUT2D eigenvalue weighted by molar-refractivity contribution is 5.95. The smallest absolute Gasteiger partial charge is 0.336 e. The first-order valence-corrected chi connectivity index (χ1v) is 18.4. The number of benzene rings is 4. The van der Waals surface area contributed by atoms with E-state index in [0.717, 1.165) is 22.3 Å². The monoisotopic (exact) mass is 730 g/mol. The molecule has 4 aromatic carbocycles. The molecule has 0 saturated carbocycles. The maximum Gasteiger partial charge on any atom is 0.336 e. The molecule has 10 heteroatoms. The third-order valence-electron chi connectivity index (χ3n) is 9.87. The molecule has 0 aromatic heterocycles. The molecule has 4 aliphatic rings. The van der Waals surface area contributed by atoms with Gasteiger partial charge in [0.2, 0.25) is 24.4 Å². The average Bonchev–Trinajstić information content (AvgIpc) is 3.62. The molecule has 2 fully saturated rings. The third-order valence-corrected chi connectivity index (χ3v) is 9.87. The Labute approximate surface area is 316 Å². The minimum Gasteiger partial charge on any atom is -0.463 e. The van der Waals surface area contributed by atoms with Crippen LogP contribution in [0.5, 0.6) is 0 Å². The van der Waals surface area contributed by atoms with Gasteiger partial charge >= 0.3 is 11.9 Å². The van der Waals surface area contributed by atoms with Gasteiger partial charge in [-0.15, -0.1) is 0 Å². The summed E-state index contributed by atoms with van der Waals surface area (Å²) in [5.74, 6) is 0.405. The van der Waals surface area contributed by atoms with Crippen LogP contribution >= 0.6 is 0 Å². The third kappa shape index (κ3) is 8.56. The minimum atomic E-state index is -0.644. The number of cyclic esters (lactones) is 2. The van der Waals surface area contributed by atoms with Crippen molar-refractivity contribution in [2.24, 2.45) is 20.8 Å². The molecule has 6 atom stereocenters. The molecule has 0 amide bonds. The number of carbonyl (C=O) groups excluding carboxylic acids is 2. The van der Waals surface area contributed by atoms with Crippen LogP contribution in [-0.4, -0.2) is 61.7 Å². The van der Waals surface area contributed by atoms with Gasteiger partial charge in [0.05, 0.1) is 25.3 Å². The van der Waals surface area contributed by atoms with Crippen LogP contribution in [0, 0.1) is 10.8 Å². The van der Waals surface area contributed by atoms with Crippen molar-refractivity contribution in [1.29, 1.82) is 0 Å². The zero-order valence-corrected chi connectivity index (χ0v) is 31.0. The molecule has 10 nitrogen and oxygen atoms in total. The van der Waals surface area contributed by atoms with Crippen LogP contribution in [0.1, 0.15) is 74.9 Å². The number of aliphatic imine (C=N–C) groups is 2. The lowest BCUT2D eigenvalue weighted by atomic mass is 9.89. The Morgan fingerprint density at radius 2 is 0.852 bits per heavy atom. The highest BCUT2D eigenvalue weighted by Gasteiger charge is 2.48. The molecular weight excluding hydrogens is 684 g/mol. The SMILES string of the molecule is CC1(C)COC(=O)[C@@H]1O[C@@H]1C[C@H](c2ccccc2)N=C(c2ccccc2)O1.CC1(C)COC(=O)[C@@H]1O[C@@H]1C[C@H](c2ccccc2)N=C(c2ccccc2)O1. The van der Waals surface area contributed by atoms with Crippen molar-refractivity contribution in [3.63, 3.8) is 0 Å². The van der Waals surface area contributed by atoms with Crippen molar-refractivity contribution in [3.05, 3.63) is 144 Å². The van der Waals surface area contributed by atoms with Crippen LogP contribution in [0.2, 0.25) is 0 Å². The molecule has 4 aromatic rings. The van der Waals surface area contributed by atoms with Gasteiger partial charge in [-0.1, -0.05) is 125 Å². The number of rotatable bonds is 8. The van der Waals surface area contributed by atoms with Crippen molar-refractivity contribution >= 4 is 23.7 Å². The Bertz CT molecular complexity index is 1810. The van der Waals surface area contributed by atoms with Crippen LogP contribution in [0.25, 0.3) is 0 Å². The summed E-state index contributed by atoms with van der Waals surface area (Å²) in [7, 11) is 0. The predicted molar refractivity (Wildman–Crippen MR) is 203 cm³/mol. The van der Waals surface area contributed by atoms with E-state index >= 15 is 0 Å². The normalized spacial score (nSPS) is 26.8. The second-order valence-corrected chi connectivity index (χ2v) is 15.2. The fourth-order valence-corrected chi connectivity index (χ4v) is 6.78. The van der Waals surface area contributed by atoms with Crippen molar-refractivity contribution < 1.29 is 38.0 Å². The number of nitrogens with zero attached hydrogens (tertiary/aromatic N) is 2. The molecule has 280 valence electrons. The molecule has 0 unspecified atom stereocenters. The Balaban J connectivity index is 0.000000167. The van der Waals surface area contributed by atoms with Crippen molar-refractivity contribution in [2.45, 2.75) is 77.4 Å². The van der Waals surface area contributed by atoms with Gasteiger partial charge in [-0.3, -0.25) is 0 Å². The number of esters is 2. The summed E-state index contributed by atoms with van der Waals surface area (Å²) in [5, 5.41) is 0. The van der Waals surface area contributed by atoms with Crippen LogP contribution in [0.3, 0.4) is 0 Å². The van der Waals surface area contributed by atoms with Gasteiger partial charge in [-0.2, -0.15) is 0 Å². The van der Waals surface area contributed by atoms with E-state index in [4.69, 9.17) is 38.4 Å². The molecule has 4 heterocycles. The highest BCUT2D eigenvalue weighted by atomic mass is 16.7. The molecule has 0 aliphatic carbocycles. The number of ether oxygens (including phenoxy) is 6. The molecule has 8 rings (SSSR count). The van der Waals surface area contributed by atoms with Crippen molar-refractivity contribution in [3.8, 4) is 0 Å². The molecule has 4 aliphatic heterocycles. The largest absolute Gasteiger partial charge is 0.463 e. The van der Waals surface area contributed by atoms with E-state index in [0.29, 0.717) is 37.9 Å². The first kappa shape index (κ1) is 37.0. The Kier molecular flexibility index (Phi) is 10.9. The second-order valence-electron chi connectivity index (χ2n) is 15.2. The van der Waals surface area contributed by atoms with Gasteiger partial charge in [0.25, 0.3) is 0 Å². The van der Waals surface area contributed by atoms with Gasteiger partial charge in [-0.05, 0) is 35.4 Å². The van der Waals surface area contributed by atoms with Gasteiger partial charge < -0.3 is 28.4 Å². The summed E-state index contributed by atoms with van der Waals surface area (Å²) in [5.41, 5.74) is 3.20. The van der Waals surface area contributed by atoms with Crippen LogP contribution in [0.4, 0.5) is 0 Å². The average molecular weight is 731 g/mol. The number of carbonyl (C=O) groups is 2. The van der Waals surface area contributed by atoms with Gasteiger partial charge in [-0.25, -0.2) is 19.6 Å². The van der Waals surface area contributed by atoms with Gasteiger partial charge in [0.15, 0.2) is 12.2 Å². The van der Waals surface area contributed by atoms with E-state index in [2.05, 4.69) is 0 Å². The fraction of sp³-hybridized carbons (Fsp3) is 0.364. The lowest BCUT2D eigenvalue weighted by Gasteiger charge is -2.32. The molecular formula is C44H46N2O8. The van der Waals surface area contributed by atoms with E-state index in [-0.39, 0.29) is 34.9 Å². The first-order chi connectivity index (χ1) is 26.1. The summed E-state index contributed by atoms with van der Waals surface area (Å²) in [6, 6.07) is 39.5. The van der Waals surface area contributed by atoms with Crippen molar-refractivity contribution in [2.75, 3.05) is 13.2 Å². The van der Waals surface area contributed by atoms with E-state index in [1.165, 1.54) is 0 Å². The van der Waals surface area contributed by atoms with Gasteiger partial charge in [0.1, 0.15) is 0 Å². The van der Waals surface area contributed by atoms with E-state index in [9.17, 15) is 9.59 Å². The lowest BCUT2D eigenvalue weighted by Crippen LogP contribution is -2.40. The fourth-order valence-electron chi connectivity index (χ4n) is 6.78. The first-order valence-electron chi connectivity index (χ1n) is 18.4. The van der Waals surface area contributed by atoms with Crippen LogP contribution < -0.4 is 0 Å². The number of hydrogen-bond donors (Lipinski definition) is 0. The Morgan fingerprint density at radius 1 is 0.519 bits per heavy atom. The predicted octanol–water partition coefficient (Wildman–Crippen LogP) is 7.78. The van der Waals surface area contributed by atoms with Crippen LogP contribution in [0.15, 0.2) is 131 Å². The van der Waals surface area contributed by atoms with Gasteiger partial charge in [0, 0.05) is 34.8 Å². The molecule has 0 spiro atoms. The van der Waals surface area contributed by atoms with Crippen molar-refractivity contribution in [1.82, 2.24) is 0 Å². The Morgan fingerprint density at radius 3 is 1.17 bits per heavy atom. The minimum absolute atomic E-state index is 0.0966. The topological polar surface area (TPSA) is 114 Å². The quantitative estimate of drug-likeness (QED) is 0.169.